The molecule has 23 heavy (non-hydrogen) atoms. The summed E-state index contributed by atoms with van der Waals surface area (Å²) in [6.07, 6.45) is 14.9. The zero-order valence-corrected chi connectivity index (χ0v) is 16.9. The second-order valence-electron chi connectivity index (χ2n) is 8.13. The summed E-state index contributed by atoms with van der Waals surface area (Å²) in [4.78, 5) is 0. The molecule has 2 aliphatic carbocycles. The van der Waals surface area contributed by atoms with Crippen LogP contribution in [-0.4, -0.2) is 4.43 Å². The second-order valence-corrected chi connectivity index (χ2v) is 9.21. The lowest BCUT2D eigenvalue weighted by molar-refractivity contribution is 0.156. The van der Waals surface area contributed by atoms with Crippen molar-refractivity contribution in [2.45, 2.75) is 77.0 Å². The quantitative estimate of drug-likeness (QED) is 0.344. The van der Waals surface area contributed by atoms with Gasteiger partial charge < -0.3 is 0 Å². The third kappa shape index (κ3) is 4.96. The van der Waals surface area contributed by atoms with Gasteiger partial charge in [0.05, 0.1) is 0 Å². The Labute approximate surface area is 157 Å². The van der Waals surface area contributed by atoms with E-state index in [1.54, 1.807) is 5.56 Å². The molecule has 128 valence electrons. The predicted octanol–water partition coefficient (Wildman–Crippen LogP) is 7.29. The van der Waals surface area contributed by atoms with Gasteiger partial charge in [0.15, 0.2) is 0 Å². The third-order valence-corrected chi connectivity index (χ3v) is 7.39. The first kappa shape index (κ1) is 17.8. The highest BCUT2D eigenvalue weighted by atomic mass is 127. The molecule has 2 aliphatic rings. The number of benzene rings is 1. The van der Waals surface area contributed by atoms with Crippen LogP contribution >= 0.6 is 22.6 Å². The van der Waals surface area contributed by atoms with E-state index in [1.807, 2.05) is 0 Å². The molecule has 0 saturated heterocycles. The minimum Gasteiger partial charge on any atom is -0.0864 e. The van der Waals surface area contributed by atoms with Crippen LogP contribution in [0.5, 0.6) is 0 Å². The van der Waals surface area contributed by atoms with Gasteiger partial charge in [-0.15, -0.1) is 0 Å². The third-order valence-electron chi connectivity index (χ3n) is 6.62. The highest BCUT2D eigenvalue weighted by Crippen LogP contribution is 2.44. The maximum Gasteiger partial charge on any atom is -0.000463 e. The number of aryl methyl sites for hydroxylation is 1. The van der Waals surface area contributed by atoms with Gasteiger partial charge in [0, 0.05) is 0 Å². The van der Waals surface area contributed by atoms with Gasteiger partial charge in [0.1, 0.15) is 0 Å². The van der Waals surface area contributed by atoms with Gasteiger partial charge in [0.25, 0.3) is 0 Å². The molecule has 0 atom stereocenters. The van der Waals surface area contributed by atoms with Crippen molar-refractivity contribution in [1.82, 2.24) is 0 Å². The Balaban J connectivity index is 1.43. The van der Waals surface area contributed by atoms with E-state index < -0.39 is 0 Å². The number of rotatable bonds is 5. The van der Waals surface area contributed by atoms with E-state index in [2.05, 4.69) is 53.8 Å². The minimum atomic E-state index is 0.840. The Kier molecular flexibility index (Phi) is 6.85. The summed E-state index contributed by atoms with van der Waals surface area (Å²) in [5, 5.41) is 0. The van der Waals surface area contributed by atoms with E-state index in [-0.39, 0.29) is 0 Å². The summed E-state index contributed by atoms with van der Waals surface area (Å²) in [5.74, 6) is 4.00. The Morgan fingerprint density at radius 2 is 1.39 bits per heavy atom. The molecule has 0 heterocycles. The molecule has 0 unspecified atom stereocenters. The topological polar surface area (TPSA) is 0 Å². The molecule has 3 rings (SSSR count). The van der Waals surface area contributed by atoms with Crippen LogP contribution in [0.3, 0.4) is 0 Å². The van der Waals surface area contributed by atoms with Crippen molar-refractivity contribution in [3.63, 3.8) is 0 Å². The number of alkyl halides is 1. The molecule has 0 amide bonds. The summed E-state index contributed by atoms with van der Waals surface area (Å²) < 4.78 is 1.35. The van der Waals surface area contributed by atoms with Crippen LogP contribution in [0.2, 0.25) is 0 Å². The van der Waals surface area contributed by atoms with E-state index >= 15 is 0 Å². The van der Waals surface area contributed by atoms with Crippen LogP contribution in [0.15, 0.2) is 24.3 Å². The largest absolute Gasteiger partial charge is 0.0864 e. The minimum absolute atomic E-state index is 0.840. The summed E-state index contributed by atoms with van der Waals surface area (Å²) >= 11 is 2.53. The zero-order valence-electron chi connectivity index (χ0n) is 14.8. The van der Waals surface area contributed by atoms with Crippen LogP contribution in [0.25, 0.3) is 0 Å². The molecular weight excluding hydrogens is 391 g/mol. The lowest BCUT2D eigenvalue weighted by Crippen LogP contribution is -2.25. The van der Waals surface area contributed by atoms with Crippen molar-refractivity contribution in [1.29, 1.82) is 0 Å². The monoisotopic (exact) mass is 424 g/mol. The van der Waals surface area contributed by atoms with Gasteiger partial charge in [-0.2, -0.15) is 0 Å². The SMILES string of the molecule is Cc1ccc(C2CCC(C3CCC(CCCI)CC3)CC2)cc1. The molecule has 2 saturated carbocycles. The molecule has 1 aromatic carbocycles. The predicted molar refractivity (Wildman–Crippen MR) is 109 cm³/mol. The first-order chi connectivity index (χ1) is 11.3. The number of halogens is 1. The smallest absolute Gasteiger partial charge is 0.000463 e. The summed E-state index contributed by atoms with van der Waals surface area (Å²) in [6.45, 7) is 2.19. The summed E-state index contributed by atoms with van der Waals surface area (Å²) in [7, 11) is 0. The van der Waals surface area contributed by atoms with Crippen LogP contribution in [-0.2, 0) is 0 Å². The molecule has 0 nitrogen and oxygen atoms in total. The van der Waals surface area contributed by atoms with Crippen LogP contribution in [0.1, 0.15) is 81.3 Å². The molecule has 0 N–H and O–H groups in total. The molecule has 1 aromatic rings. The maximum absolute atomic E-state index is 2.53. The average Bonchev–Trinajstić information content (AvgIpc) is 2.61. The molecular formula is C22H33I. The molecule has 2 fully saturated rings. The number of hydrogen-bond donors (Lipinski definition) is 0. The van der Waals surface area contributed by atoms with Crippen molar-refractivity contribution in [2.75, 3.05) is 4.43 Å². The van der Waals surface area contributed by atoms with Crippen molar-refractivity contribution in [3.8, 4) is 0 Å². The standard InChI is InChI=1S/C22H33I/c1-17-4-8-19(9-5-17)21-12-14-22(15-13-21)20-10-6-18(7-11-20)3-2-16-23/h4-5,8-9,18,20-22H,2-3,6-7,10-16H2,1H3. The fraction of sp³-hybridized carbons (Fsp3) is 0.727. The maximum atomic E-state index is 2.53. The van der Waals surface area contributed by atoms with Crippen molar-refractivity contribution in [3.05, 3.63) is 35.4 Å². The molecule has 0 bridgehead atoms. The Bertz CT molecular complexity index is 447. The van der Waals surface area contributed by atoms with Gasteiger partial charge in [0.2, 0.25) is 0 Å². The summed E-state index contributed by atoms with van der Waals surface area (Å²) in [5.41, 5.74) is 2.98. The van der Waals surface area contributed by atoms with Gasteiger partial charge in [-0.25, -0.2) is 0 Å². The molecule has 1 heteroatoms. The van der Waals surface area contributed by atoms with Crippen LogP contribution in [0, 0.1) is 24.7 Å². The van der Waals surface area contributed by atoms with E-state index in [0.717, 1.165) is 23.7 Å². The summed E-state index contributed by atoms with van der Waals surface area (Å²) in [6, 6.07) is 9.33. The van der Waals surface area contributed by atoms with Crippen LogP contribution < -0.4 is 0 Å². The Hall–Kier alpha value is -0.0500. The van der Waals surface area contributed by atoms with Crippen LogP contribution in [0.4, 0.5) is 0 Å². The van der Waals surface area contributed by atoms with Crippen molar-refractivity contribution in [2.24, 2.45) is 17.8 Å². The molecule has 0 aromatic heterocycles. The van der Waals surface area contributed by atoms with Gasteiger partial charge in [-0.1, -0.05) is 65.3 Å². The molecule has 0 aliphatic heterocycles. The van der Waals surface area contributed by atoms with Gasteiger partial charge in [-0.3, -0.25) is 0 Å². The lowest BCUT2D eigenvalue weighted by Gasteiger charge is -2.38. The highest BCUT2D eigenvalue weighted by Gasteiger charge is 2.31. The lowest BCUT2D eigenvalue weighted by atomic mass is 9.68. The number of hydrogen-bond acceptors (Lipinski definition) is 0. The van der Waals surface area contributed by atoms with Crippen molar-refractivity contribution < 1.29 is 0 Å². The first-order valence-corrected chi connectivity index (χ1v) is 11.4. The highest BCUT2D eigenvalue weighted by molar-refractivity contribution is 14.1. The second kappa shape index (κ2) is 8.87. The molecule has 0 radical (unpaired) electrons. The van der Waals surface area contributed by atoms with E-state index in [9.17, 15) is 0 Å². The Morgan fingerprint density at radius 3 is 1.96 bits per heavy atom. The fourth-order valence-electron chi connectivity index (χ4n) is 5.08. The van der Waals surface area contributed by atoms with Crippen molar-refractivity contribution >= 4 is 22.6 Å². The fourth-order valence-corrected chi connectivity index (χ4v) is 5.52. The van der Waals surface area contributed by atoms with E-state index in [4.69, 9.17) is 0 Å². The van der Waals surface area contributed by atoms with Gasteiger partial charge in [-0.05, 0) is 92.0 Å². The first-order valence-electron chi connectivity index (χ1n) is 9.88. The van der Waals surface area contributed by atoms with E-state index in [1.165, 1.54) is 74.2 Å². The van der Waals surface area contributed by atoms with Gasteiger partial charge >= 0.3 is 0 Å². The average molecular weight is 424 g/mol. The van der Waals surface area contributed by atoms with E-state index in [0.29, 0.717) is 0 Å². The normalized spacial score (nSPS) is 31.9. The zero-order chi connectivity index (χ0) is 16.1. The Morgan fingerprint density at radius 1 is 0.826 bits per heavy atom. The molecule has 0 spiro atoms.